The summed E-state index contributed by atoms with van der Waals surface area (Å²) in [6.45, 7) is 0. The second-order valence-corrected chi connectivity index (χ2v) is 3.28. The van der Waals surface area contributed by atoms with Crippen molar-refractivity contribution < 1.29 is 9.53 Å². The zero-order valence-electron chi connectivity index (χ0n) is 6.57. The van der Waals surface area contributed by atoms with Crippen molar-refractivity contribution in [1.82, 2.24) is 0 Å². The summed E-state index contributed by atoms with van der Waals surface area (Å²) in [5.41, 5.74) is 6.68. The Kier molecular flexibility index (Phi) is 2.77. The second-order valence-electron chi connectivity index (χ2n) is 2.27. The van der Waals surface area contributed by atoms with Crippen LogP contribution >= 0.6 is 0 Å². The third kappa shape index (κ3) is 1.80. The van der Waals surface area contributed by atoms with Crippen molar-refractivity contribution >= 4 is 32.9 Å². The Bertz CT molecular complexity index is 312. The van der Waals surface area contributed by atoms with Crippen LogP contribution in [0.25, 0.3) is 0 Å². The van der Waals surface area contributed by atoms with Crippen LogP contribution in [0, 0.1) is 0 Å². The summed E-state index contributed by atoms with van der Waals surface area (Å²) < 4.78 is 5.34. The van der Waals surface area contributed by atoms with Crippen LogP contribution in [0.3, 0.4) is 0 Å². The number of ether oxygens (including phenoxy) is 1. The molecule has 3 nitrogen and oxygen atoms in total. The average molecular weight is 225 g/mol. The molecule has 1 aromatic carbocycles. The summed E-state index contributed by atoms with van der Waals surface area (Å²) in [6, 6.07) is 5.03. The normalized spacial score (nSPS) is 9.50. The molecular weight excluding hydrogens is 217 g/mol. The summed E-state index contributed by atoms with van der Waals surface area (Å²) in [7, 11) is 1.35. The van der Waals surface area contributed by atoms with E-state index in [4.69, 9.17) is 5.73 Å². The Morgan fingerprint density at radius 2 is 2.25 bits per heavy atom. The van der Waals surface area contributed by atoms with E-state index in [9.17, 15) is 4.79 Å². The molecule has 0 aliphatic heterocycles. The minimum atomic E-state index is -0.342. The van der Waals surface area contributed by atoms with E-state index in [-0.39, 0.29) is 5.97 Å². The van der Waals surface area contributed by atoms with E-state index in [1.165, 1.54) is 7.11 Å². The monoisotopic (exact) mass is 225 g/mol. The van der Waals surface area contributed by atoms with Crippen molar-refractivity contribution in [3.8, 4) is 0 Å². The number of hydrogen-bond donors (Lipinski definition) is 1. The third-order valence-corrected chi connectivity index (χ3v) is 2.20. The van der Waals surface area contributed by atoms with Gasteiger partial charge in [-0.25, -0.2) is 0 Å². The van der Waals surface area contributed by atoms with Gasteiger partial charge < -0.3 is 0 Å². The van der Waals surface area contributed by atoms with E-state index in [0.29, 0.717) is 11.3 Å². The van der Waals surface area contributed by atoms with Crippen LogP contribution in [0.15, 0.2) is 18.2 Å². The van der Waals surface area contributed by atoms with E-state index < -0.39 is 0 Å². The predicted octanol–water partition coefficient (Wildman–Crippen LogP) is -0.151. The summed E-state index contributed by atoms with van der Waals surface area (Å²) >= 11 is 2.28. The van der Waals surface area contributed by atoms with Gasteiger partial charge in [0, 0.05) is 0 Å². The molecule has 0 aliphatic rings. The maximum absolute atomic E-state index is 11.1. The number of esters is 1. The SMILES string of the molecule is COC(=O)c1ccc(N)cc1[As]. The minimum absolute atomic E-state index is 0.342. The number of hydrogen-bond acceptors (Lipinski definition) is 3. The zero-order valence-corrected chi connectivity index (χ0v) is 8.45. The molecule has 0 aliphatic carbocycles. The molecule has 0 saturated carbocycles. The van der Waals surface area contributed by atoms with Crippen LogP contribution in [0.2, 0.25) is 0 Å². The Morgan fingerprint density at radius 3 is 2.75 bits per heavy atom. The van der Waals surface area contributed by atoms with Gasteiger partial charge in [-0.3, -0.25) is 0 Å². The van der Waals surface area contributed by atoms with E-state index in [2.05, 4.69) is 21.6 Å². The molecule has 0 heterocycles. The number of benzene rings is 1. The van der Waals surface area contributed by atoms with Gasteiger partial charge in [0.15, 0.2) is 0 Å². The number of rotatable bonds is 1. The van der Waals surface area contributed by atoms with Crippen molar-refractivity contribution in [2.75, 3.05) is 12.8 Å². The van der Waals surface area contributed by atoms with E-state index in [1.54, 1.807) is 18.2 Å². The zero-order chi connectivity index (χ0) is 9.14. The first-order valence-corrected chi connectivity index (χ1v) is 4.26. The summed E-state index contributed by atoms with van der Waals surface area (Å²) in [5.74, 6) is -0.342. The van der Waals surface area contributed by atoms with Crippen LogP contribution in [0.5, 0.6) is 0 Å². The van der Waals surface area contributed by atoms with Crippen LogP contribution < -0.4 is 10.1 Å². The maximum atomic E-state index is 11.1. The van der Waals surface area contributed by atoms with Crippen molar-refractivity contribution in [2.24, 2.45) is 0 Å². The molecule has 1 aromatic rings. The van der Waals surface area contributed by atoms with E-state index >= 15 is 0 Å². The molecule has 0 bridgehead atoms. The van der Waals surface area contributed by atoms with Gasteiger partial charge in [0.05, 0.1) is 0 Å². The van der Waals surface area contributed by atoms with Gasteiger partial charge in [0.1, 0.15) is 0 Å². The Hall–Kier alpha value is -0.952. The average Bonchev–Trinajstić information content (AvgIpc) is 2.03. The molecule has 2 N–H and O–H groups in total. The first-order valence-electron chi connectivity index (χ1n) is 3.32. The number of carbonyl (C=O) groups excluding carboxylic acids is 1. The molecule has 0 amide bonds. The quantitative estimate of drug-likeness (QED) is 0.410. The van der Waals surface area contributed by atoms with Crippen molar-refractivity contribution in [3.05, 3.63) is 23.8 Å². The Labute approximate surface area is 79.4 Å². The molecule has 0 spiro atoms. The van der Waals surface area contributed by atoms with E-state index in [1.807, 2.05) is 0 Å². The van der Waals surface area contributed by atoms with Gasteiger partial charge in [0.2, 0.25) is 0 Å². The van der Waals surface area contributed by atoms with E-state index in [0.717, 1.165) is 4.35 Å². The molecule has 0 fully saturated rings. The van der Waals surface area contributed by atoms with Crippen molar-refractivity contribution in [3.63, 3.8) is 0 Å². The van der Waals surface area contributed by atoms with Gasteiger partial charge in [0.25, 0.3) is 0 Å². The van der Waals surface area contributed by atoms with Crippen LogP contribution in [0.4, 0.5) is 5.69 Å². The van der Waals surface area contributed by atoms with Crippen molar-refractivity contribution in [1.29, 1.82) is 0 Å². The molecule has 0 unspecified atom stereocenters. The summed E-state index contributed by atoms with van der Waals surface area (Å²) in [6.07, 6.45) is 0. The van der Waals surface area contributed by atoms with Crippen LogP contribution in [-0.4, -0.2) is 29.9 Å². The fourth-order valence-corrected chi connectivity index (χ4v) is 1.49. The number of carbonyl (C=O) groups is 1. The van der Waals surface area contributed by atoms with Crippen LogP contribution in [-0.2, 0) is 4.74 Å². The molecule has 2 radical (unpaired) electrons. The third-order valence-electron chi connectivity index (χ3n) is 1.43. The molecule has 1 rings (SSSR count). The van der Waals surface area contributed by atoms with Crippen LogP contribution in [0.1, 0.15) is 10.4 Å². The Balaban J connectivity index is 3.09. The molecule has 62 valence electrons. The second kappa shape index (κ2) is 3.63. The standard InChI is InChI=1S/C8H8AsNO2/c1-12-8(11)6-3-2-5(10)4-7(6)9/h2-4H,10H2,1H3. The fourth-order valence-electron chi connectivity index (χ4n) is 0.831. The predicted molar refractivity (Wildman–Crippen MR) is 47.6 cm³/mol. The van der Waals surface area contributed by atoms with Gasteiger partial charge in [-0.2, -0.15) is 0 Å². The fraction of sp³-hybridized carbons (Fsp3) is 0.125. The molecule has 4 heteroatoms. The summed E-state index contributed by atoms with van der Waals surface area (Å²) in [5, 5.41) is 0. The molecule has 0 atom stereocenters. The Morgan fingerprint density at radius 1 is 1.58 bits per heavy atom. The number of nitrogen functional groups attached to an aromatic ring is 1. The molecule has 12 heavy (non-hydrogen) atoms. The molecule has 0 aromatic heterocycles. The number of methoxy groups -OCH3 is 1. The van der Waals surface area contributed by atoms with Gasteiger partial charge >= 0.3 is 79.0 Å². The molecule has 0 saturated heterocycles. The van der Waals surface area contributed by atoms with Gasteiger partial charge in [-0.1, -0.05) is 0 Å². The summed E-state index contributed by atoms with van der Waals surface area (Å²) in [4.78, 5) is 11.1. The van der Waals surface area contributed by atoms with Gasteiger partial charge in [-0.05, 0) is 0 Å². The first-order chi connectivity index (χ1) is 5.65. The van der Waals surface area contributed by atoms with Crippen molar-refractivity contribution in [2.45, 2.75) is 0 Å². The topological polar surface area (TPSA) is 52.3 Å². The molecular formula is C8H8AsNO2. The number of anilines is 1. The number of nitrogens with two attached hydrogens (primary N) is 1. The first kappa shape index (κ1) is 9.14. The van der Waals surface area contributed by atoms with Gasteiger partial charge in [-0.15, -0.1) is 0 Å².